The highest BCUT2D eigenvalue weighted by atomic mass is 16.5. The fraction of sp³-hybridized carbons (Fsp3) is 0.190. The average Bonchev–Trinajstić information content (AvgIpc) is 3.28. The molecule has 2 amide bonds. The molecule has 0 radical (unpaired) electrons. The Balaban J connectivity index is 1.51. The molecule has 2 aromatic rings. The maximum Gasteiger partial charge on any atom is 0.355 e. The molecular weight excluding hydrogens is 374 g/mol. The molecule has 0 aliphatic carbocycles. The number of carbonyl (C=O) groups excluding carboxylic acids is 3. The summed E-state index contributed by atoms with van der Waals surface area (Å²) in [5, 5.41) is 0. The predicted octanol–water partition coefficient (Wildman–Crippen LogP) is 1.43. The Kier molecular flexibility index (Phi) is 4.77. The number of methoxy groups -OCH3 is 1. The van der Waals surface area contributed by atoms with Gasteiger partial charge in [-0.25, -0.2) is 15.1 Å². The summed E-state index contributed by atoms with van der Waals surface area (Å²) in [7, 11) is 1.51. The number of nitrogens with zero attached hydrogens (tertiary/aromatic N) is 1. The molecule has 4 rings (SSSR count). The second kappa shape index (κ2) is 7.40. The topological polar surface area (TPSA) is 97.0 Å². The molecule has 1 saturated heterocycles. The van der Waals surface area contributed by atoms with E-state index in [1.807, 2.05) is 30.3 Å². The van der Waals surface area contributed by atoms with Crippen molar-refractivity contribution in [3.05, 3.63) is 71.9 Å². The lowest BCUT2D eigenvalue weighted by Gasteiger charge is -2.20. The molecule has 0 aromatic heterocycles. The monoisotopic (exact) mass is 393 g/mol. The minimum Gasteiger partial charge on any atom is -0.497 e. The van der Waals surface area contributed by atoms with Gasteiger partial charge in [0.2, 0.25) is 5.91 Å². The van der Waals surface area contributed by atoms with E-state index in [2.05, 4.69) is 10.9 Å². The number of imide groups is 1. The number of ether oxygens (including phenoxy) is 2. The van der Waals surface area contributed by atoms with Gasteiger partial charge in [0, 0.05) is 6.07 Å². The Labute approximate surface area is 167 Å². The van der Waals surface area contributed by atoms with E-state index in [9.17, 15) is 14.4 Å². The fourth-order valence-electron chi connectivity index (χ4n) is 3.34. The lowest BCUT2D eigenvalue weighted by atomic mass is 9.98. The number of amides is 2. The first-order chi connectivity index (χ1) is 14.0. The van der Waals surface area contributed by atoms with Gasteiger partial charge in [-0.15, -0.1) is 0 Å². The molecule has 2 aromatic carbocycles. The van der Waals surface area contributed by atoms with E-state index in [1.54, 1.807) is 24.3 Å². The molecule has 1 fully saturated rings. The zero-order valence-electron chi connectivity index (χ0n) is 15.7. The molecule has 29 heavy (non-hydrogen) atoms. The zero-order chi connectivity index (χ0) is 20.4. The summed E-state index contributed by atoms with van der Waals surface area (Å²) >= 11 is 0. The third-order valence-corrected chi connectivity index (χ3v) is 4.82. The number of hydrazine groups is 1. The molecule has 1 atom stereocenters. The van der Waals surface area contributed by atoms with Crippen molar-refractivity contribution >= 4 is 23.5 Å². The summed E-state index contributed by atoms with van der Waals surface area (Å²) in [6.45, 7) is 0.106. The van der Waals surface area contributed by atoms with E-state index in [1.165, 1.54) is 13.2 Å². The molecule has 2 aliphatic rings. The number of anilines is 1. The third-order valence-electron chi connectivity index (χ3n) is 4.82. The van der Waals surface area contributed by atoms with E-state index >= 15 is 0 Å². The predicted molar refractivity (Wildman–Crippen MR) is 103 cm³/mol. The van der Waals surface area contributed by atoms with E-state index in [4.69, 9.17) is 9.47 Å². The number of rotatable bonds is 5. The average molecular weight is 393 g/mol. The largest absolute Gasteiger partial charge is 0.497 e. The molecule has 1 spiro atoms. The van der Waals surface area contributed by atoms with E-state index in [0.29, 0.717) is 11.4 Å². The number of carbonyl (C=O) groups is 3. The summed E-state index contributed by atoms with van der Waals surface area (Å²) in [6, 6.07) is 15.9. The van der Waals surface area contributed by atoms with Crippen molar-refractivity contribution in [3.63, 3.8) is 0 Å². The van der Waals surface area contributed by atoms with E-state index in [-0.39, 0.29) is 24.6 Å². The summed E-state index contributed by atoms with van der Waals surface area (Å²) in [4.78, 5) is 39.1. The van der Waals surface area contributed by atoms with Crippen molar-refractivity contribution in [2.24, 2.45) is 0 Å². The van der Waals surface area contributed by atoms with Gasteiger partial charge in [0.15, 0.2) is 0 Å². The number of hydrogen-bond donors (Lipinski definition) is 2. The van der Waals surface area contributed by atoms with Gasteiger partial charge in [0.1, 0.15) is 23.6 Å². The van der Waals surface area contributed by atoms with Crippen LogP contribution >= 0.6 is 0 Å². The van der Waals surface area contributed by atoms with Crippen molar-refractivity contribution in [3.8, 4) is 5.75 Å². The smallest absolute Gasteiger partial charge is 0.355 e. The number of hydrogen-bond acceptors (Lipinski definition) is 7. The van der Waals surface area contributed by atoms with Crippen molar-refractivity contribution in [2.45, 2.75) is 18.6 Å². The molecule has 2 heterocycles. The molecular formula is C21H19N3O5. The Morgan fingerprint density at radius 3 is 2.69 bits per heavy atom. The van der Waals surface area contributed by atoms with E-state index < -0.39 is 17.4 Å². The van der Waals surface area contributed by atoms with Crippen molar-refractivity contribution in [1.82, 2.24) is 10.9 Å². The van der Waals surface area contributed by atoms with Crippen LogP contribution in [-0.4, -0.2) is 30.4 Å². The third kappa shape index (κ3) is 3.45. The van der Waals surface area contributed by atoms with Crippen LogP contribution in [0, 0.1) is 0 Å². The first-order valence-electron chi connectivity index (χ1n) is 9.01. The number of nitrogens with one attached hydrogen (secondary N) is 2. The van der Waals surface area contributed by atoms with Crippen LogP contribution in [0.15, 0.2) is 66.4 Å². The van der Waals surface area contributed by atoms with Crippen LogP contribution in [-0.2, 0) is 25.7 Å². The van der Waals surface area contributed by atoms with Gasteiger partial charge in [-0.05, 0) is 23.8 Å². The summed E-state index contributed by atoms with van der Waals surface area (Å²) in [5.41, 5.74) is 5.48. The van der Waals surface area contributed by atoms with Gasteiger partial charge in [0.25, 0.3) is 5.91 Å². The minimum atomic E-state index is -1.33. The lowest BCUT2D eigenvalue weighted by molar-refractivity contribution is -0.140. The quantitative estimate of drug-likeness (QED) is 0.586. The van der Waals surface area contributed by atoms with Crippen LogP contribution in [0.4, 0.5) is 5.69 Å². The first kappa shape index (κ1) is 18.7. The van der Waals surface area contributed by atoms with Gasteiger partial charge in [-0.3, -0.25) is 9.59 Å². The fourth-order valence-corrected chi connectivity index (χ4v) is 3.34. The molecule has 8 heteroatoms. The normalized spacial score (nSPS) is 20.6. The number of esters is 1. The van der Waals surface area contributed by atoms with Crippen LogP contribution < -0.4 is 20.5 Å². The Morgan fingerprint density at radius 2 is 1.93 bits per heavy atom. The second-order valence-corrected chi connectivity index (χ2v) is 6.75. The Bertz CT molecular complexity index is 1000. The van der Waals surface area contributed by atoms with Gasteiger partial charge < -0.3 is 14.9 Å². The van der Waals surface area contributed by atoms with Crippen LogP contribution in [0.5, 0.6) is 5.75 Å². The highest BCUT2D eigenvalue weighted by molar-refractivity contribution is 6.25. The summed E-state index contributed by atoms with van der Waals surface area (Å²) in [6.07, 6.45) is 1.30. The molecule has 2 aliphatic heterocycles. The van der Waals surface area contributed by atoms with E-state index in [0.717, 1.165) is 10.5 Å². The standard InChI is InChI=1S/C21H19N3O5/c1-28-16-9-5-8-15(10-16)24-18(25)12-21(20(24)27)11-17(22-23-21)19(26)29-13-14-6-3-2-4-7-14/h2-11,22-23H,12-13H2,1H3. The highest BCUT2D eigenvalue weighted by Gasteiger charge is 2.54. The van der Waals surface area contributed by atoms with Crippen LogP contribution in [0.3, 0.4) is 0 Å². The molecule has 8 nitrogen and oxygen atoms in total. The van der Waals surface area contributed by atoms with Crippen molar-refractivity contribution < 1.29 is 23.9 Å². The van der Waals surface area contributed by atoms with Crippen molar-refractivity contribution in [1.29, 1.82) is 0 Å². The zero-order valence-corrected chi connectivity index (χ0v) is 15.7. The maximum atomic E-state index is 13.1. The molecule has 1 unspecified atom stereocenters. The molecule has 148 valence electrons. The molecule has 2 N–H and O–H groups in total. The highest BCUT2D eigenvalue weighted by Crippen LogP contribution is 2.34. The summed E-state index contributed by atoms with van der Waals surface area (Å²) < 4.78 is 10.4. The first-order valence-corrected chi connectivity index (χ1v) is 9.01. The lowest BCUT2D eigenvalue weighted by Crippen LogP contribution is -2.51. The van der Waals surface area contributed by atoms with Crippen molar-refractivity contribution in [2.75, 3.05) is 12.0 Å². The van der Waals surface area contributed by atoms with Gasteiger partial charge in [0.05, 0.1) is 19.2 Å². The minimum absolute atomic E-state index is 0.0922. The SMILES string of the molecule is COc1cccc(N2C(=O)CC3(C=C(C(=O)OCc4ccccc4)NN3)C2=O)c1. The van der Waals surface area contributed by atoms with Crippen LogP contribution in [0.25, 0.3) is 0 Å². The Hall–Kier alpha value is -3.65. The van der Waals surface area contributed by atoms with Crippen LogP contribution in [0.1, 0.15) is 12.0 Å². The Morgan fingerprint density at radius 1 is 1.14 bits per heavy atom. The maximum absolute atomic E-state index is 13.1. The number of benzene rings is 2. The van der Waals surface area contributed by atoms with Gasteiger partial charge in [-0.2, -0.15) is 0 Å². The van der Waals surface area contributed by atoms with Gasteiger partial charge in [-0.1, -0.05) is 36.4 Å². The molecule has 0 saturated carbocycles. The van der Waals surface area contributed by atoms with Crippen LogP contribution in [0.2, 0.25) is 0 Å². The van der Waals surface area contributed by atoms with Gasteiger partial charge >= 0.3 is 5.97 Å². The second-order valence-electron chi connectivity index (χ2n) is 6.75. The summed E-state index contributed by atoms with van der Waals surface area (Å²) in [5.74, 6) is -0.942. The molecule has 0 bridgehead atoms.